The third-order valence-corrected chi connectivity index (χ3v) is 6.51. The minimum atomic E-state index is -4.04. The Morgan fingerprint density at radius 3 is 1.17 bits per heavy atom. The van der Waals surface area contributed by atoms with Gasteiger partial charge < -0.3 is 0 Å². The van der Waals surface area contributed by atoms with Crippen LogP contribution < -0.4 is 9.44 Å². The third-order valence-electron chi connectivity index (χ3n) is 3.35. The van der Waals surface area contributed by atoms with Gasteiger partial charge in [0.25, 0.3) is 0 Å². The van der Waals surface area contributed by atoms with Crippen molar-refractivity contribution < 1.29 is 16.8 Å². The van der Waals surface area contributed by atoms with Crippen LogP contribution in [-0.2, 0) is 20.0 Å². The van der Waals surface area contributed by atoms with E-state index in [0.717, 1.165) is 0 Å². The number of rotatable bonds is 6. The first kappa shape index (κ1) is 18.3. The van der Waals surface area contributed by atoms with Gasteiger partial charge in [-0.15, -0.1) is 0 Å². The summed E-state index contributed by atoms with van der Waals surface area (Å²) in [5.41, 5.74) is 0.564. The molecule has 6 nitrogen and oxygen atoms in total. The van der Waals surface area contributed by atoms with Gasteiger partial charge in [-0.3, -0.25) is 0 Å². The Hall–Kier alpha value is -2.00. The van der Waals surface area contributed by atoms with Crippen LogP contribution in [0.1, 0.15) is 11.1 Å². The molecule has 0 amide bonds. The molecule has 0 radical (unpaired) electrons. The molecule has 2 rings (SSSR count). The lowest BCUT2D eigenvalue weighted by Crippen LogP contribution is -2.26. The lowest BCUT2D eigenvalue weighted by atomic mass is 10.1. The Morgan fingerprint density at radius 1 is 0.625 bits per heavy atom. The highest BCUT2D eigenvalue weighted by Gasteiger charge is 2.30. The van der Waals surface area contributed by atoms with Gasteiger partial charge in [0.05, 0.1) is 0 Å². The largest absolute Gasteiger partial charge is 0.242 e. The molecule has 0 aromatic heterocycles. The second kappa shape index (κ2) is 7.27. The molecule has 0 bridgehead atoms. The van der Waals surface area contributed by atoms with Crippen LogP contribution >= 0.6 is 0 Å². The molecule has 2 aromatic rings. The summed E-state index contributed by atoms with van der Waals surface area (Å²) >= 11 is 0. The van der Waals surface area contributed by atoms with Crippen LogP contribution in [0.4, 0.5) is 0 Å². The van der Waals surface area contributed by atoms with E-state index in [1.807, 2.05) is 0 Å². The third kappa shape index (κ3) is 3.73. The van der Waals surface area contributed by atoms with Crippen LogP contribution in [0.5, 0.6) is 0 Å². The Balaban J connectivity index is 3.01. The minimum absolute atomic E-state index is 0.282. The summed E-state index contributed by atoms with van der Waals surface area (Å²) in [7, 11) is -5.60. The van der Waals surface area contributed by atoms with Crippen LogP contribution in [0.2, 0.25) is 0 Å². The van der Waals surface area contributed by atoms with Crippen molar-refractivity contribution in [3.8, 4) is 0 Å². The van der Waals surface area contributed by atoms with Crippen molar-refractivity contribution >= 4 is 29.9 Å². The van der Waals surface area contributed by atoms with Crippen molar-refractivity contribution in [3.05, 3.63) is 71.8 Å². The van der Waals surface area contributed by atoms with Gasteiger partial charge in [0.2, 0.25) is 20.0 Å². The van der Waals surface area contributed by atoms with Crippen LogP contribution in [0.25, 0.3) is 9.81 Å². The summed E-state index contributed by atoms with van der Waals surface area (Å²) in [4.78, 5) is -0.600. The molecule has 128 valence electrons. The first-order valence-electron chi connectivity index (χ1n) is 7.05. The summed E-state index contributed by atoms with van der Waals surface area (Å²) in [6, 6.07) is 16.3. The maximum atomic E-state index is 12.6. The van der Waals surface area contributed by atoms with Gasteiger partial charge in [-0.05, 0) is 25.2 Å². The predicted molar refractivity (Wildman–Crippen MR) is 95.7 cm³/mol. The predicted octanol–water partition coefficient (Wildman–Crippen LogP) is 1.61. The van der Waals surface area contributed by atoms with Gasteiger partial charge in [0.1, 0.15) is 9.81 Å². The number of sulfonamides is 2. The second-order valence-corrected chi connectivity index (χ2v) is 8.45. The van der Waals surface area contributed by atoms with Crippen LogP contribution in [0, 0.1) is 0 Å². The summed E-state index contributed by atoms with van der Waals surface area (Å²) < 4.78 is 54.9. The van der Waals surface area contributed by atoms with Gasteiger partial charge in [-0.2, -0.15) is 0 Å². The fourth-order valence-electron chi connectivity index (χ4n) is 2.20. The van der Waals surface area contributed by atoms with Gasteiger partial charge in [-0.1, -0.05) is 60.7 Å². The standard InChI is InChI=1S/C16H18N2O4S2/c1-17-23(19,20)15(13-9-5-3-6-10-13)16(24(21,22)18-2)14-11-7-4-8-12-14/h3-12,17-18H,1-2H3. The molecule has 0 atom stereocenters. The Labute approximate surface area is 142 Å². The van der Waals surface area contributed by atoms with Gasteiger partial charge in [-0.25, -0.2) is 26.3 Å². The molecule has 0 saturated heterocycles. The number of hydrogen-bond donors (Lipinski definition) is 2. The van der Waals surface area contributed by atoms with E-state index in [1.165, 1.54) is 14.1 Å². The number of hydrogen-bond acceptors (Lipinski definition) is 4. The SMILES string of the molecule is CNS(=O)(=O)C(=C(c1ccccc1)S(=O)(=O)NC)c1ccccc1. The number of nitrogens with one attached hydrogen (secondary N) is 2. The zero-order valence-electron chi connectivity index (χ0n) is 13.2. The van der Waals surface area contributed by atoms with Crippen molar-refractivity contribution in [1.29, 1.82) is 0 Å². The quantitative estimate of drug-likeness (QED) is 0.760. The Kier molecular flexibility index (Phi) is 5.55. The van der Waals surface area contributed by atoms with E-state index in [0.29, 0.717) is 0 Å². The highest BCUT2D eigenvalue weighted by molar-refractivity contribution is 8.04. The maximum absolute atomic E-state index is 12.6. The molecule has 0 spiro atoms. The van der Waals surface area contributed by atoms with Crippen molar-refractivity contribution in [2.24, 2.45) is 0 Å². The first-order valence-corrected chi connectivity index (χ1v) is 10.0. The topological polar surface area (TPSA) is 92.3 Å². The fourth-order valence-corrected chi connectivity index (χ4v) is 4.88. The molecule has 0 aliphatic rings. The smallest absolute Gasteiger partial charge is 0.214 e. The van der Waals surface area contributed by atoms with Gasteiger partial charge in [0.15, 0.2) is 0 Å². The molecule has 0 fully saturated rings. The zero-order valence-corrected chi connectivity index (χ0v) is 14.9. The second-order valence-electron chi connectivity index (χ2n) is 4.81. The lowest BCUT2D eigenvalue weighted by Gasteiger charge is -2.16. The average molecular weight is 366 g/mol. The summed E-state index contributed by atoms with van der Waals surface area (Å²) in [6.07, 6.45) is 0. The highest BCUT2D eigenvalue weighted by Crippen LogP contribution is 2.33. The average Bonchev–Trinajstić information content (AvgIpc) is 2.60. The number of benzene rings is 2. The normalized spacial score (nSPS) is 13.4. The van der Waals surface area contributed by atoms with Crippen LogP contribution in [-0.4, -0.2) is 30.9 Å². The lowest BCUT2D eigenvalue weighted by molar-refractivity contribution is 0.595. The molecule has 0 saturated carbocycles. The van der Waals surface area contributed by atoms with Gasteiger partial charge >= 0.3 is 0 Å². The van der Waals surface area contributed by atoms with Crippen molar-refractivity contribution in [3.63, 3.8) is 0 Å². The van der Waals surface area contributed by atoms with E-state index in [2.05, 4.69) is 9.44 Å². The van der Waals surface area contributed by atoms with E-state index in [1.54, 1.807) is 60.7 Å². The van der Waals surface area contributed by atoms with E-state index in [9.17, 15) is 16.8 Å². The molecule has 24 heavy (non-hydrogen) atoms. The minimum Gasteiger partial charge on any atom is -0.214 e. The molecule has 0 aliphatic carbocycles. The van der Waals surface area contributed by atoms with Crippen LogP contribution in [0.15, 0.2) is 60.7 Å². The molecule has 0 heterocycles. The van der Waals surface area contributed by atoms with E-state index in [-0.39, 0.29) is 20.9 Å². The molecular weight excluding hydrogens is 348 g/mol. The zero-order chi connectivity index (χ0) is 17.8. The van der Waals surface area contributed by atoms with Crippen LogP contribution in [0.3, 0.4) is 0 Å². The molecule has 2 N–H and O–H groups in total. The summed E-state index contributed by atoms with van der Waals surface area (Å²) in [5, 5.41) is 0. The summed E-state index contributed by atoms with van der Waals surface area (Å²) in [6.45, 7) is 0. The fraction of sp³-hybridized carbons (Fsp3) is 0.125. The molecule has 2 aromatic carbocycles. The molecule has 0 aliphatic heterocycles. The molecule has 0 unspecified atom stereocenters. The van der Waals surface area contributed by atoms with Crippen molar-refractivity contribution in [2.75, 3.05) is 14.1 Å². The highest BCUT2D eigenvalue weighted by atomic mass is 32.2. The molecule has 8 heteroatoms. The maximum Gasteiger partial charge on any atom is 0.242 e. The Morgan fingerprint density at radius 2 is 0.917 bits per heavy atom. The Bertz CT molecular complexity index is 857. The first-order chi connectivity index (χ1) is 11.3. The van der Waals surface area contributed by atoms with E-state index < -0.39 is 20.0 Å². The van der Waals surface area contributed by atoms with E-state index >= 15 is 0 Å². The summed E-state index contributed by atoms with van der Waals surface area (Å²) in [5.74, 6) is 0. The molecular formula is C16H18N2O4S2. The van der Waals surface area contributed by atoms with Crippen molar-refractivity contribution in [2.45, 2.75) is 0 Å². The van der Waals surface area contributed by atoms with Gasteiger partial charge in [0, 0.05) is 0 Å². The van der Waals surface area contributed by atoms with E-state index in [4.69, 9.17) is 0 Å². The monoisotopic (exact) mass is 366 g/mol. The van der Waals surface area contributed by atoms with Crippen molar-refractivity contribution in [1.82, 2.24) is 9.44 Å².